The molecule has 2 aromatic carbocycles. The summed E-state index contributed by atoms with van der Waals surface area (Å²) in [5.74, 6) is 2.17. The van der Waals surface area contributed by atoms with Crippen molar-refractivity contribution in [3.8, 4) is 11.4 Å². The number of hydrogen-bond donors (Lipinski definition) is 4. The van der Waals surface area contributed by atoms with Gasteiger partial charge < -0.3 is 35.6 Å². The topological polar surface area (TPSA) is 191 Å². The number of ether oxygens (including phenoxy) is 2. The molecule has 1 heterocycles. The number of oxime groups is 1. The van der Waals surface area contributed by atoms with E-state index < -0.39 is 17.3 Å². The van der Waals surface area contributed by atoms with Crippen LogP contribution in [0.3, 0.4) is 0 Å². The van der Waals surface area contributed by atoms with E-state index in [0.29, 0.717) is 17.3 Å². The van der Waals surface area contributed by atoms with E-state index in [4.69, 9.17) is 36.5 Å². The lowest BCUT2D eigenvalue weighted by molar-refractivity contribution is -0.112. The van der Waals surface area contributed by atoms with E-state index >= 15 is 0 Å². The molecule has 13 nitrogen and oxygen atoms in total. The summed E-state index contributed by atoms with van der Waals surface area (Å²) in [5.41, 5.74) is 10.7. The fraction of sp³-hybridized carbons (Fsp3) is 0.526. The minimum Gasteiger partial charge on any atom is -0.444 e. The standard InChI is InChI=1S/C19H23N3O3.C15H21N3O3.C4H5ClO/c1-19(2,3)24-18(23)20-15-9-7-12-10-13(6-8-14(12)15)16-21-17(25-22-16)11-4-5-11;1-15(2,3)21-14(19)17-12-7-5-9-8-10(13(16)18-20)4-6-11(9)12;5-4(6)3-1-2-3/h6,8,10-11,15H,4-5,7,9H2,1-3H3,(H,20,23);4,6,8,12,20H,5,7H2,1-3H3,(H2,16,18)(H,17,19);3H,1-2H2/t15-;12-;/m11./s1. The number of nitrogens with two attached hydrogens (primary N) is 1. The third kappa shape index (κ3) is 10.9. The second-order valence-electron chi connectivity index (χ2n) is 15.6. The molecule has 0 unspecified atom stereocenters. The molecule has 14 heteroatoms. The number of amidine groups is 1. The quantitative estimate of drug-likeness (QED) is 0.0645. The highest BCUT2D eigenvalue weighted by Crippen LogP contribution is 2.40. The SMILES string of the molecule is CC(C)(C)OC(=O)N[C@@H]1CCc2cc(-c3noc(C4CC4)n3)ccc21.CC(C)(C)OC(=O)N[C@@H]1CCc2cc(C(N)=NO)ccc21.O=C(Cl)C1CC1. The summed E-state index contributed by atoms with van der Waals surface area (Å²) in [4.78, 5) is 38.3. The number of alkyl carbamates (subject to hydrolysis) is 2. The van der Waals surface area contributed by atoms with E-state index in [9.17, 15) is 14.4 Å². The number of carbonyl (C=O) groups is 3. The lowest BCUT2D eigenvalue weighted by atomic mass is 10.0. The summed E-state index contributed by atoms with van der Waals surface area (Å²) < 4.78 is 16.0. The maximum absolute atomic E-state index is 12.0. The summed E-state index contributed by atoms with van der Waals surface area (Å²) >= 11 is 5.04. The van der Waals surface area contributed by atoms with Crippen LogP contribution in [-0.4, -0.2) is 49.8 Å². The van der Waals surface area contributed by atoms with Crippen molar-refractivity contribution >= 4 is 34.9 Å². The number of aryl methyl sites for hydroxylation is 2. The second kappa shape index (κ2) is 15.9. The zero-order valence-electron chi connectivity index (χ0n) is 30.6. The minimum atomic E-state index is -0.512. The monoisotopic (exact) mass is 736 g/mol. The smallest absolute Gasteiger partial charge is 0.408 e. The third-order valence-corrected chi connectivity index (χ3v) is 9.06. The van der Waals surface area contributed by atoms with Gasteiger partial charge in [-0.1, -0.05) is 34.6 Å². The number of nitrogens with one attached hydrogen (secondary N) is 2. The zero-order valence-corrected chi connectivity index (χ0v) is 31.4. The van der Waals surface area contributed by atoms with Crippen LogP contribution in [0.25, 0.3) is 11.4 Å². The number of hydrogen-bond acceptors (Lipinski definition) is 10. The van der Waals surface area contributed by atoms with Gasteiger partial charge >= 0.3 is 12.2 Å². The van der Waals surface area contributed by atoms with Gasteiger partial charge in [0.15, 0.2) is 5.84 Å². The molecule has 52 heavy (non-hydrogen) atoms. The molecule has 5 N–H and O–H groups in total. The molecule has 280 valence electrons. The molecular weight excluding hydrogens is 688 g/mol. The predicted octanol–water partition coefficient (Wildman–Crippen LogP) is 7.58. The molecule has 0 spiro atoms. The molecule has 2 saturated carbocycles. The van der Waals surface area contributed by atoms with E-state index in [2.05, 4.69) is 32.0 Å². The van der Waals surface area contributed by atoms with Crippen molar-refractivity contribution in [3.63, 3.8) is 0 Å². The molecule has 4 aliphatic carbocycles. The van der Waals surface area contributed by atoms with Crippen LogP contribution < -0.4 is 16.4 Å². The number of fused-ring (bicyclic) bond motifs is 2. The van der Waals surface area contributed by atoms with Crippen LogP contribution in [0, 0.1) is 5.92 Å². The zero-order chi connectivity index (χ0) is 37.8. The molecule has 0 bridgehead atoms. The summed E-state index contributed by atoms with van der Waals surface area (Å²) in [6.45, 7) is 11.1. The molecule has 0 saturated heterocycles. The van der Waals surface area contributed by atoms with Crippen LogP contribution in [0.1, 0.15) is 132 Å². The van der Waals surface area contributed by atoms with Gasteiger partial charge in [0.25, 0.3) is 0 Å². The maximum atomic E-state index is 12.0. The van der Waals surface area contributed by atoms with Crippen molar-refractivity contribution in [2.45, 2.75) is 122 Å². The van der Waals surface area contributed by atoms with Crippen LogP contribution in [-0.2, 0) is 27.1 Å². The molecule has 2 atom stereocenters. The van der Waals surface area contributed by atoms with Crippen LogP contribution in [0.5, 0.6) is 0 Å². The van der Waals surface area contributed by atoms with Crippen LogP contribution >= 0.6 is 11.6 Å². The van der Waals surface area contributed by atoms with E-state index in [1.54, 1.807) is 6.07 Å². The Morgan fingerprint density at radius 2 is 1.38 bits per heavy atom. The fourth-order valence-corrected chi connectivity index (χ4v) is 6.17. The minimum absolute atomic E-state index is 0.00815. The Bertz CT molecular complexity index is 1800. The molecule has 4 aliphatic rings. The molecule has 7 rings (SSSR count). The third-order valence-electron chi connectivity index (χ3n) is 8.75. The number of amides is 2. The van der Waals surface area contributed by atoms with Gasteiger partial charge in [0, 0.05) is 23.0 Å². The predicted molar refractivity (Wildman–Crippen MR) is 195 cm³/mol. The number of aromatic nitrogens is 2. The average molecular weight is 737 g/mol. The Morgan fingerprint density at radius 3 is 1.85 bits per heavy atom. The number of carbonyl (C=O) groups excluding carboxylic acids is 3. The molecule has 0 aliphatic heterocycles. The number of benzene rings is 2. The van der Waals surface area contributed by atoms with Gasteiger partial charge in [-0.2, -0.15) is 4.98 Å². The van der Waals surface area contributed by atoms with Gasteiger partial charge in [0.05, 0.1) is 12.1 Å². The normalized spacial score (nSPS) is 19.2. The van der Waals surface area contributed by atoms with E-state index in [1.807, 2.05) is 65.8 Å². The Labute approximate surface area is 309 Å². The Kier molecular flexibility index (Phi) is 11.8. The number of rotatable bonds is 6. The molecule has 0 radical (unpaired) electrons. The molecule has 1 aromatic heterocycles. The molecular formula is C38H49ClN6O7. The first-order chi connectivity index (χ1) is 24.5. The van der Waals surface area contributed by atoms with Gasteiger partial charge in [-0.3, -0.25) is 4.79 Å². The van der Waals surface area contributed by atoms with Crippen molar-refractivity contribution < 1.29 is 33.6 Å². The summed E-state index contributed by atoms with van der Waals surface area (Å²) in [6, 6.07) is 11.7. The first kappa shape index (κ1) is 38.6. The second-order valence-corrected chi connectivity index (χ2v) is 16.0. The summed E-state index contributed by atoms with van der Waals surface area (Å²) in [5, 5.41) is 21.5. The fourth-order valence-electron chi connectivity index (χ4n) is 5.95. The van der Waals surface area contributed by atoms with Crippen molar-refractivity contribution in [1.82, 2.24) is 20.8 Å². The van der Waals surface area contributed by atoms with E-state index in [1.165, 1.54) is 5.56 Å². The maximum Gasteiger partial charge on any atom is 0.408 e. The van der Waals surface area contributed by atoms with E-state index in [0.717, 1.165) is 79.5 Å². The summed E-state index contributed by atoms with van der Waals surface area (Å²) in [7, 11) is 0. The van der Waals surface area contributed by atoms with Gasteiger partial charge in [0.2, 0.25) is 17.0 Å². The van der Waals surface area contributed by atoms with Crippen LogP contribution in [0.15, 0.2) is 46.1 Å². The summed E-state index contributed by atoms with van der Waals surface area (Å²) in [6.07, 6.45) is 6.96. The lowest BCUT2D eigenvalue weighted by Crippen LogP contribution is -2.34. The van der Waals surface area contributed by atoms with Crippen molar-refractivity contribution in [2.24, 2.45) is 16.8 Å². The Balaban J connectivity index is 0.000000175. The lowest BCUT2D eigenvalue weighted by Gasteiger charge is -2.22. The van der Waals surface area contributed by atoms with Gasteiger partial charge in [-0.25, -0.2) is 9.59 Å². The van der Waals surface area contributed by atoms with Gasteiger partial charge in [0.1, 0.15) is 11.2 Å². The first-order valence-electron chi connectivity index (χ1n) is 17.8. The van der Waals surface area contributed by atoms with Crippen molar-refractivity contribution in [2.75, 3.05) is 0 Å². The highest BCUT2D eigenvalue weighted by Gasteiger charge is 2.31. The molecule has 3 aromatic rings. The molecule has 2 amide bonds. The average Bonchev–Trinajstić information content (AvgIpc) is 3.98. The van der Waals surface area contributed by atoms with Crippen molar-refractivity contribution in [1.29, 1.82) is 0 Å². The van der Waals surface area contributed by atoms with Gasteiger partial charge in [-0.15, -0.1) is 0 Å². The Morgan fingerprint density at radius 1 is 0.846 bits per heavy atom. The number of nitrogens with zero attached hydrogens (tertiary/aromatic N) is 3. The Hall–Kier alpha value is -4.65. The highest BCUT2D eigenvalue weighted by molar-refractivity contribution is 6.64. The largest absolute Gasteiger partial charge is 0.444 e. The van der Waals surface area contributed by atoms with Gasteiger partial charge in [-0.05, 0) is 139 Å². The molecule has 2 fully saturated rings. The van der Waals surface area contributed by atoms with Crippen molar-refractivity contribution in [3.05, 3.63) is 70.1 Å². The van der Waals surface area contributed by atoms with Crippen LogP contribution in [0.2, 0.25) is 0 Å². The first-order valence-corrected chi connectivity index (χ1v) is 18.1. The van der Waals surface area contributed by atoms with E-state index in [-0.39, 0.29) is 35.2 Å². The highest BCUT2D eigenvalue weighted by atomic mass is 35.5. The van der Waals surface area contributed by atoms with Crippen LogP contribution in [0.4, 0.5) is 9.59 Å². The number of halogens is 1.